The van der Waals surface area contributed by atoms with Crippen molar-refractivity contribution < 1.29 is 14.0 Å². The number of nitrogens with zero attached hydrogens (tertiary/aromatic N) is 1. The Kier molecular flexibility index (Phi) is 6.72. The fourth-order valence-electron chi connectivity index (χ4n) is 2.42. The number of benzene rings is 2. The summed E-state index contributed by atoms with van der Waals surface area (Å²) in [5, 5.41) is 5.71. The topological polar surface area (TPSA) is 61.4 Å². The lowest BCUT2D eigenvalue weighted by Gasteiger charge is -2.22. The monoisotopic (exact) mass is 357 g/mol. The molecule has 0 aliphatic rings. The molecule has 6 heteroatoms. The van der Waals surface area contributed by atoms with Gasteiger partial charge in [-0.15, -0.1) is 0 Å². The molecule has 0 saturated carbocycles. The molecule has 0 spiro atoms. The zero-order valence-corrected chi connectivity index (χ0v) is 15.3. The van der Waals surface area contributed by atoms with Crippen LogP contribution in [0.2, 0.25) is 0 Å². The van der Waals surface area contributed by atoms with Crippen molar-refractivity contribution in [2.24, 2.45) is 0 Å². The molecular weight excluding hydrogens is 333 g/mol. The number of hydrogen-bond donors (Lipinski definition) is 2. The molecule has 0 bridgehead atoms. The number of urea groups is 1. The number of halogens is 1. The van der Waals surface area contributed by atoms with Crippen molar-refractivity contribution in [2.45, 2.75) is 32.9 Å². The van der Waals surface area contributed by atoms with Crippen LogP contribution in [0, 0.1) is 5.82 Å². The summed E-state index contributed by atoms with van der Waals surface area (Å²) >= 11 is 0. The van der Waals surface area contributed by atoms with Gasteiger partial charge in [0.1, 0.15) is 5.82 Å². The van der Waals surface area contributed by atoms with E-state index in [1.807, 2.05) is 31.2 Å². The van der Waals surface area contributed by atoms with E-state index in [4.69, 9.17) is 0 Å². The predicted octanol–water partition coefficient (Wildman–Crippen LogP) is 4.08. The maximum atomic E-state index is 12.9. The number of anilines is 1. The Bertz CT molecular complexity index is 745. The fourth-order valence-corrected chi connectivity index (χ4v) is 2.42. The summed E-state index contributed by atoms with van der Waals surface area (Å²) in [6.45, 7) is 4.08. The summed E-state index contributed by atoms with van der Waals surface area (Å²) in [7, 11) is 1.69. The first kappa shape index (κ1) is 19.4. The highest BCUT2D eigenvalue weighted by Crippen LogP contribution is 2.17. The lowest BCUT2D eigenvalue weighted by atomic mass is 10.1. The minimum atomic E-state index is -0.298. The lowest BCUT2D eigenvalue weighted by molar-refractivity contribution is -0.115. The highest BCUT2D eigenvalue weighted by Gasteiger charge is 2.14. The second-order valence-electron chi connectivity index (χ2n) is 6.18. The first-order valence-corrected chi connectivity index (χ1v) is 8.55. The SMILES string of the molecule is CCC(=O)Nc1ccc(C(C)NC(=O)N(C)Cc2ccc(F)cc2)cc1. The Morgan fingerprint density at radius 1 is 1.08 bits per heavy atom. The van der Waals surface area contributed by atoms with E-state index >= 15 is 0 Å². The van der Waals surface area contributed by atoms with Crippen LogP contribution in [-0.4, -0.2) is 23.9 Å². The average Bonchev–Trinajstić information content (AvgIpc) is 2.63. The molecule has 1 unspecified atom stereocenters. The highest BCUT2D eigenvalue weighted by molar-refractivity contribution is 5.90. The molecule has 0 heterocycles. The van der Waals surface area contributed by atoms with E-state index < -0.39 is 0 Å². The Balaban J connectivity index is 1.91. The number of carbonyl (C=O) groups excluding carboxylic acids is 2. The normalized spacial score (nSPS) is 11.5. The van der Waals surface area contributed by atoms with Crippen molar-refractivity contribution in [3.63, 3.8) is 0 Å². The number of nitrogens with one attached hydrogen (secondary N) is 2. The first-order valence-electron chi connectivity index (χ1n) is 8.55. The lowest BCUT2D eigenvalue weighted by Crippen LogP contribution is -2.38. The van der Waals surface area contributed by atoms with Gasteiger partial charge < -0.3 is 15.5 Å². The van der Waals surface area contributed by atoms with Crippen LogP contribution in [0.25, 0.3) is 0 Å². The summed E-state index contributed by atoms with van der Waals surface area (Å²) < 4.78 is 12.9. The molecule has 0 radical (unpaired) electrons. The molecular formula is C20H24FN3O2. The molecule has 26 heavy (non-hydrogen) atoms. The van der Waals surface area contributed by atoms with Crippen molar-refractivity contribution in [2.75, 3.05) is 12.4 Å². The smallest absolute Gasteiger partial charge is 0.317 e. The van der Waals surface area contributed by atoms with E-state index in [1.54, 1.807) is 31.0 Å². The second kappa shape index (κ2) is 8.99. The number of amides is 3. The van der Waals surface area contributed by atoms with Gasteiger partial charge in [-0.05, 0) is 42.3 Å². The van der Waals surface area contributed by atoms with Gasteiger partial charge >= 0.3 is 6.03 Å². The van der Waals surface area contributed by atoms with Gasteiger partial charge in [-0.3, -0.25) is 4.79 Å². The van der Waals surface area contributed by atoms with Gasteiger partial charge in [0.25, 0.3) is 0 Å². The van der Waals surface area contributed by atoms with Crippen molar-refractivity contribution in [3.8, 4) is 0 Å². The van der Waals surface area contributed by atoms with Gasteiger partial charge in [-0.2, -0.15) is 0 Å². The van der Waals surface area contributed by atoms with Gasteiger partial charge in [-0.1, -0.05) is 31.2 Å². The van der Waals surface area contributed by atoms with Crippen molar-refractivity contribution in [1.82, 2.24) is 10.2 Å². The fraction of sp³-hybridized carbons (Fsp3) is 0.300. The summed E-state index contributed by atoms with van der Waals surface area (Å²) in [6, 6.07) is 13.0. The molecule has 2 N–H and O–H groups in total. The summed E-state index contributed by atoms with van der Waals surface area (Å²) in [6.07, 6.45) is 0.425. The van der Waals surface area contributed by atoms with Crippen LogP contribution >= 0.6 is 0 Å². The van der Waals surface area contributed by atoms with Crippen LogP contribution in [0.15, 0.2) is 48.5 Å². The van der Waals surface area contributed by atoms with E-state index in [0.29, 0.717) is 13.0 Å². The van der Waals surface area contributed by atoms with E-state index in [-0.39, 0.29) is 23.8 Å². The zero-order chi connectivity index (χ0) is 19.1. The van der Waals surface area contributed by atoms with E-state index in [1.165, 1.54) is 12.1 Å². The Labute approximate surface area is 153 Å². The Hall–Kier alpha value is -2.89. The molecule has 0 fully saturated rings. The molecule has 0 saturated heterocycles. The summed E-state index contributed by atoms with van der Waals surface area (Å²) in [5.41, 5.74) is 2.52. The molecule has 0 aromatic heterocycles. The molecule has 2 rings (SSSR count). The average molecular weight is 357 g/mol. The largest absolute Gasteiger partial charge is 0.331 e. The zero-order valence-electron chi connectivity index (χ0n) is 15.3. The van der Waals surface area contributed by atoms with E-state index in [9.17, 15) is 14.0 Å². The molecule has 1 atom stereocenters. The Morgan fingerprint density at radius 3 is 2.27 bits per heavy atom. The van der Waals surface area contributed by atoms with Crippen LogP contribution in [0.3, 0.4) is 0 Å². The minimum absolute atomic E-state index is 0.0403. The van der Waals surface area contributed by atoms with E-state index in [0.717, 1.165) is 16.8 Å². The molecule has 138 valence electrons. The van der Waals surface area contributed by atoms with Gasteiger partial charge in [0.05, 0.1) is 6.04 Å². The summed E-state index contributed by atoms with van der Waals surface area (Å²) in [5.74, 6) is -0.338. The number of carbonyl (C=O) groups is 2. The van der Waals surface area contributed by atoms with Crippen LogP contribution in [0.1, 0.15) is 37.4 Å². The molecule has 0 aliphatic carbocycles. The van der Waals surface area contributed by atoms with Gasteiger partial charge in [0.15, 0.2) is 0 Å². The molecule has 2 aromatic rings. The second-order valence-corrected chi connectivity index (χ2v) is 6.18. The quantitative estimate of drug-likeness (QED) is 0.818. The van der Waals surface area contributed by atoms with Crippen LogP contribution < -0.4 is 10.6 Å². The molecule has 5 nitrogen and oxygen atoms in total. The van der Waals surface area contributed by atoms with Crippen LogP contribution in [-0.2, 0) is 11.3 Å². The van der Waals surface area contributed by atoms with E-state index in [2.05, 4.69) is 10.6 Å². The maximum Gasteiger partial charge on any atom is 0.317 e. The molecule has 3 amide bonds. The molecule has 0 aliphatic heterocycles. The van der Waals surface area contributed by atoms with Crippen molar-refractivity contribution in [3.05, 3.63) is 65.5 Å². The summed E-state index contributed by atoms with van der Waals surface area (Å²) in [4.78, 5) is 25.3. The number of hydrogen-bond acceptors (Lipinski definition) is 2. The maximum absolute atomic E-state index is 12.9. The molecule has 2 aromatic carbocycles. The number of rotatable bonds is 6. The minimum Gasteiger partial charge on any atom is -0.331 e. The van der Waals surface area contributed by atoms with Gasteiger partial charge in [0.2, 0.25) is 5.91 Å². The standard InChI is InChI=1S/C20H24FN3O2/c1-4-19(25)23-18-11-7-16(8-12-18)14(2)22-20(26)24(3)13-15-5-9-17(21)10-6-15/h5-12,14H,4,13H2,1-3H3,(H,22,26)(H,23,25). The third-order valence-electron chi connectivity index (χ3n) is 4.04. The van der Waals surface area contributed by atoms with Crippen LogP contribution in [0.5, 0.6) is 0 Å². The highest BCUT2D eigenvalue weighted by atomic mass is 19.1. The van der Waals surface area contributed by atoms with Crippen LogP contribution in [0.4, 0.5) is 14.9 Å². The predicted molar refractivity (Wildman–Crippen MR) is 100 cm³/mol. The van der Waals surface area contributed by atoms with Gasteiger partial charge in [0, 0.05) is 25.7 Å². The van der Waals surface area contributed by atoms with Gasteiger partial charge in [-0.25, -0.2) is 9.18 Å². The Morgan fingerprint density at radius 2 is 1.69 bits per heavy atom. The third-order valence-corrected chi connectivity index (χ3v) is 4.04. The third kappa shape index (κ3) is 5.58. The van der Waals surface area contributed by atoms with Crippen molar-refractivity contribution in [1.29, 1.82) is 0 Å². The van der Waals surface area contributed by atoms with Crippen molar-refractivity contribution >= 4 is 17.6 Å². The first-order chi connectivity index (χ1) is 12.4.